The van der Waals surface area contributed by atoms with Crippen molar-refractivity contribution < 1.29 is 9.90 Å². The van der Waals surface area contributed by atoms with Crippen molar-refractivity contribution in [2.75, 3.05) is 5.32 Å². The van der Waals surface area contributed by atoms with E-state index >= 15 is 0 Å². The van der Waals surface area contributed by atoms with Gasteiger partial charge < -0.3 is 10.4 Å². The Bertz CT molecular complexity index is 622. The maximum atomic E-state index is 11.3. The van der Waals surface area contributed by atoms with Gasteiger partial charge in [0, 0.05) is 16.8 Å². The summed E-state index contributed by atoms with van der Waals surface area (Å²) in [6, 6.07) is 1.75. The van der Waals surface area contributed by atoms with Gasteiger partial charge in [-0.15, -0.1) is 11.3 Å². The van der Waals surface area contributed by atoms with Gasteiger partial charge in [0.05, 0.1) is 17.9 Å². The molecule has 0 atom stereocenters. The normalized spacial score (nSPS) is 10.5. The molecule has 0 aliphatic rings. The predicted molar refractivity (Wildman–Crippen MR) is 74.8 cm³/mol. The van der Waals surface area contributed by atoms with Gasteiger partial charge in [0.25, 0.3) is 0 Å². The van der Waals surface area contributed by atoms with Gasteiger partial charge in [-0.25, -0.2) is 9.78 Å². The predicted octanol–water partition coefficient (Wildman–Crippen LogP) is 2.77. The van der Waals surface area contributed by atoms with E-state index in [1.165, 1.54) is 0 Å². The first kappa shape index (κ1) is 13.5. The Morgan fingerprint density at radius 2 is 2.05 bits per heavy atom. The van der Waals surface area contributed by atoms with Gasteiger partial charge in [0.1, 0.15) is 10.6 Å². The van der Waals surface area contributed by atoms with Crippen molar-refractivity contribution in [1.82, 2.24) is 9.97 Å². The standard InChI is InChI=1S/C13H15N3O2S/c1-7-4-10(12(13(17)18)9(3)15-7)14-5-11-16-8(2)6-19-11/h4,6H,5H2,1-3H3,(H,14,15)(H,17,18). The van der Waals surface area contributed by atoms with Crippen molar-refractivity contribution in [2.24, 2.45) is 0 Å². The zero-order valence-electron chi connectivity index (χ0n) is 11.0. The fourth-order valence-electron chi connectivity index (χ4n) is 1.89. The van der Waals surface area contributed by atoms with Crippen LogP contribution in [0, 0.1) is 20.8 Å². The molecule has 19 heavy (non-hydrogen) atoms. The Morgan fingerprint density at radius 1 is 1.32 bits per heavy atom. The Kier molecular flexibility index (Phi) is 3.80. The number of nitrogens with zero attached hydrogens (tertiary/aromatic N) is 2. The van der Waals surface area contributed by atoms with Crippen molar-refractivity contribution in [3.8, 4) is 0 Å². The van der Waals surface area contributed by atoms with E-state index in [4.69, 9.17) is 0 Å². The maximum absolute atomic E-state index is 11.3. The molecule has 2 aromatic heterocycles. The highest BCUT2D eigenvalue weighted by molar-refractivity contribution is 7.09. The molecule has 0 aliphatic carbocycles. The average molecular weight is 277 g/mol. The van der Waals surface area contributed by atoms with Crippen LogP contribution in [0.1, 0.15) is 32.4 Å². The average Bonchev–Trinajstić information content (AvgIpc) is 2.71. The zero-order valence-corrected chi connectivity index (χ0v) is 11.8. The maximum Gasteiger partial charge on any atom is 0.339 e. The molecule has 0 aromatic carbocycles. The molecule has 0 saturated heterocycles. The number of nitrogens with one attached hydrogen (secondary N) is 1. The number of aromatic nitrogens is 2. The lowest BCUT2D eigenvalue weighted by Crippen LogP contribution is -2.10. The van der Waals surface area contributed by atoms with E-state index in [0.717, 1.165) is 16.4 Å². The zero-order chi connectivity index (χ0) is 14.0. The van der Waals surface area contributed by atoms with Crippen LogP contribution in [-0.4, -0.2) is 21.0 Å². The van der Waals surface area contributed by atoms with Gasteiger partial charge in [0.15, 0.2) is 0 Å². The SMILES string of the molecule is Cc1csc(CNc2cc(C)nc(C)c2C(=O)O)n1. The van der Waals surface area contributed by atoms with Crippen LogP contribution >= 0.6 is 11.3 Å². The van der Waals surface area contributed by atoms with Gasteiger partial charge in [-0.3, -0.25) is 4.98 Å². The van der Waals surface area contributed by atoms with E-state index < -0.39 is 5.97 Å². The number of hydrogen-bond acceptors (Lipinski definition) is 5. The molecule has 2 N–H and O–H groups in total. The van der Waals surface area contributed by atoms with Gasteiger partial charge in [-0.1, -0.05) is 0 Å². The van der Waals surface area contributed by atoms with Gasteiger partial charge >= 0.3 is 5.97 Å². The molecule has 0 radical (unpaired) electrons. The molecule has 0 saturated carbocycles. The topological polar surface area (TPSA) is 75.1 Å². The number of carboxylic acids is 1. The molecule has 0 amide bonds. The van der Waals surface area contributed by atoms with Gasteiger partial charge in [-0.2, -0.15) is 0 Å². The Balaban J connectivity index is 2.26. The highest BCUT2D eigenvalue weighted by atomic mass is 32.1. The van der Waals surface area contributed by atoms with E-state index in [2.05, 4.69) is 15.3 Å². The summed E-state index contributed by atoms with van der Waals surface area (Å²) in [6.45, 7) is 6.00. The number of hydrogen-bond donors (Lipinski definition) is 2. The molecule has 0 fully saturated rings. The molecule has 2 heterocycles. The highest BCUT2D eigenvalue weighted by Crippen LogP contribution is 2.21. The summed E-state index contributed by atoms with van der Waals surface area (Å²) in [5.74, 6) is -0.970. The summed E-state index contributed by atoms with van der Waals surface area (Å²) >= 11 is 1.55. The number of carboxylic acid groups (broad SMARTS) is 1. The van der Waals surface area contributed by atoms with Crippen molar-refractivity contribution >= 4 is 23.0 Å². The fourth-order valence-corrected chi connectivity index (χ4v) is 2.60. The Hall–Kier alpha value is -1.95. The second-order valence-corrected chi connectivity index (χ2v) is 5.26. The van der Waals surface area contributed by atoms with Crippen molar-refractivity contribution in [1.29, 1.82) is 0 Å². The van der Waals surface area contributed by atoms with Crippen LogP contribution in [0.3, 0.4) is 0 Å². The number of anilines is 1. The molecule has 0 bridgehead atoms. The van der Waals surface area contributed by atoms with Crippen molar-refractivity contribution in [2.45, 2.75) is 27.3 Å². The molecule has 100 valence electrons. The van der Waals surface area contributed by atoms with Crippen LogP contribution in [0.5, 0.6) is 0 Å². The minimum atomic E-state index is -0.970. The molecular weight excluding hydrogens is 262 g/mol. The minimum absolute atomic E-state index is 0.221. The number of thiazole rings is 1. The van der Waals surface area contributed by atoms with Gasteiger partial charge in [-0.05, 0) is 26.8 Å². The fraction of sp³-hybridized carbons (Fsp3) is 0.308. The number of pyridine rings is 1. The molecule has 0 unspecified atom stereocenters. The summed E-state index contributed by atoms with van der Waals surface area (Å²) in [7, 11) is 0. The second-order valence-electron chi connectivity index (χ2n) is 4.31. The third kappa shape index (κ3) is 3.08. The van der Waals surface area contributed by atoms with Gasteiger partial charge in [0.2, 0.25) is 0 Å². The highest BCUT2D eigenvalue weighted by Gasteiger charge is 2.15. The lowest BCUT2D eigenvalue weighted by atomic mass is 10.1. The van der Waals surface area contributed by atoms with Crippen LogP contribution in [0.2, 0.25) is 0 Å². The van der Waals surface area contributed by atoms with E-state index in [9.17, 15) is 9.90 Å². The largest absolute Gasteiger partial charge is 0.478 e. The van der Waals surface area contributed by atoms with E-state index in [-0.39, 0.29) is 5.56 Å². The van der Waals surface area contributed by atoms with Crippen molar-refractivity contribution in [3.05, 3.63) is 39.1 Å². The number of carbonyl (C=O) groups is 1. The van der Waals surface area contributed by atoms with Crippen LogP contribution in [0.25, 0.3) is 0 Å². The molecule has 2 aromatic rings. The first-order valence-corrected chi connectivity index (χ1v) is 6.71. The lowest BCUT2D eigenvalue weighted by Gasteiger charge is -2.11. The Morgan fingerprint density at radius 3 is 2.63 bits per heavy atom. The number of rotatable bonds is 4. The lowest BCUT2D eigenvalue weighted by molar-refractivity contribution is 0.0696. The molecule has 5 nitrogen and oxygen atoms in total. The number of aryl methyl sites for hydroxylation is 3. The third-order valence-corrected chi connectivity index (χ3v) is 3.61. The third-order valence-electron chi connectivity index (χ3n) is 2.64. The molecule has 0 spiro atoms. The second kappa shape index (κ2) is 5.36. The molecule has 6 heteroatoms. The van der Waals surface area contributed by atoms with E-state index in [1.54, 1.807) is 24.3 Å². The first-order valence-electron chi connectivity index (χ1n) is 5.84. The number of aromatic carboxylic acids is 1. The summed E-state index contributed by atoms with van der Waals surface area (Å²) in [5.41, 5.74) is 3.09. The van der Waals surface area contributed by atoms with E-state index in [1.807, 2.05) is 19.2 Å². The monoisotopic (exact) mass is 277 g/mol. The summed E-state index contributed by atoms with van der Waals surface area (Å²) in [6.07, 6.45) is 0. The van der Waals surface area contributed by atoms with Crippen LogP contribution < -0.4 is 5.32 Å². The smallest absolute Gasteiger partial charge is 0.339 e. The molecular formula is C13H15N3O2S. The Labute approximate surface area is 115 Å². The molecule has 2 rings (SSSR count). The molecule has 0 aliphatic heterocycles. The summed E-state index contributed by atoms with van der Waals surface area (Å²) in [5, 5.41) is 15.3. The van der Waals surface area contributed by atoms with Crippen LogP contribution in [-0.2, 0) is 6.54 Å². The quantitative estimate of drug-likeness (QED) is 0.898. The summed E-state index contributed by atoms with van der Waals surface area (Å²) < 4.78 is 0. The van der Waals surface area contributed by atoms with E-state index in [0.29, 0.717) is 17.9 Å². The summed E-state index contributed by atoms with van der Waals surface area (Å²) in [4.78, 5) is 19.8. The first-order chi connectivity index (χ1) is 8.97. The van der Waals surface area contributed by atoms with Crippen LogP contribution in [0.15, 0.2) is 11.4 Å². The minimum Gasteiger partial charge on any atom is -0.478 e. The van der Waals surface area contributed by atoms with Crippen LogP contribution in [0.4, 0.5) is 5.69 Å². The van der Waals surface area contributed by atoms with Crippen molar-refractivity contribution in [3.63, 3.8) is 0 Å².